The van der Waals surface area contributed by atoms with Crippen LogP contribution in [0.4, 0.5) is 0 Å². The lowest BCUT2D eigenvalue weighted by Gasteiger charge is -2.22. The lowest BCUT2D eigenvalue weighted by Crippen LogP contribution is -2.38. The maximum Gasteiger partial charge on any atom is 0.164 e. The summed E-state index contributed by atoms with van der Waals surface area (Å²) in [5.74, 6) is 0. The second-order valence-electron chi connectivity index (χ2n) is 5.98. The summed E-state index contributed by atoms with van der Waals surface area (Å²) < 4.78 is 2.13. The number of aromatic nitrogens is 4. The molecule has 1 N–H and O–H groups in total. The van der Waals surface area contributed by atoms with Gasteiger partial charge in [-0.3, -0.25) is 4.90 Å². The van der Waals surface area contributed by atoms with E-state index in [9.17, 15) is 0 Å². The number of aryl methyl sites for hydroxylation is 1. The van der Waals surface area contributed by atoms with Gasteiger partial charge in [-0.1, -0.05) is 6.92 Å². The Morgan fingerprint density at radius 2 is 2.26 bits per heavy atom. The van der Waals surface area contributed by atoms with Crippen LogP contribution in [-0.4, -0.2) is 62.9 Å². The summed E-state index contributed by atoms with van der Waals surface area (Å²) >= 11 is 1.62. The zero-order chi connectivity index (χ0) is 16.1. The number of nitrogens with zero attached hydrogens (tertiary/aromatic N) is 5. The standard InChI is InChI=1S/C16H26N6S/c1-3-21-8-4-6-13(21)10-17-7-5-9-22-12-20-14-15(22)18-11-19-16(14)23-2/h11-13,17H,3-10H2,1-2H3/t13-/m0/s1. The van der Waals surface area contributed by atoms with E-state index >= 15 is 0 Å². The van der Waals surface area contributed by atoms with Crippen molar-refractivity contribution in [2.24, 2.45) is 0 Å². The van der Waals surface area contributed by atoms with Gasteiger partial charge in [0.2, 0.25) is 0 Å². The Morgan fingerprint density at radius 1 is 1.35 bits per heavy atom. The maximum absolute atomic E-state index is 4.46. The van der Waals surface area contributed by atoms with E-state index in [0.717, 1.165) is 48.3 Å². The molecule has 3 rings (SSSR count). The average Bonchev–Trinajstić information content (AvgIpc) is 3.21. The van der Waals surface area contributed by atoms with Crippen LogP contribution in [0.3, 0.4) is 0 Å². The molecule has 0 aliphatic carbocycles. The third-order valence-electron chi connectivity index (χ3n) is 4.60. The Balaban J connectivity index is 1.46. The van der Waals surface area contributed by atoms with Crippen molar-refractivity contribution in [2.75, 3.05) is 32.4 Å². The second-order valence-corrected chi connectivity index (χ2v) is 6.77. The van der Waals surface area contributed by atoms with Crippen LogP contribution in [0.2, 0.25) is 0 Å². The van der Waals surface area contributed by atoms with Crippen LogP contribution in [0.1, 0.15) is 26.2 Å². The van der Waals surface area contributed by atoms with Crippen LogP contribution in [0.15, 0.2) is 17.7 Å². The molecule has 23 heavy (non-hydrogen) atoms. The third-order valence-corrected chi connectivity index (χ3v) is 5.28. The molecule has 1 fully saturated rings. The van der Waals surface area contributed by atoms with Crippen LogP contribution in [0.25, 0.3) is 11.2 Å². The molecule has 3 heterocycles. The number of likely N-dealkylation sites (N-methyl/N-ethyl adjacent to an activating group) is 1. The number of hydrogen-bond donors (Lipinski definition) is 1. The van der Waals surface area contributed by atoms with E-state index in [1.165, 1.54) is 25.9 Å². The molecule has 0 radical (unpaired) electrons. The number of fused-ring (bicyclic) bond motifs is 1. The highest BCUT2D eigenvalue weighted by atomic mass is 32.2. The molecule has 0 amide bonds. The zero-order valence-corrected chi connectivity index (χ0v) is 14.8. The summed E-state index contributed by atoms with van der Waals surface area (Å²) in [6, 6.07) is 0.728. The minimum absolute atomic E-state index is 0.728. The summed E-state index contributed by atoms with van der Waals surface area (Å²) in [5.41, 5.74) is 1.86. The molecule has 7 heteroatoms. The van der Waals surface area contributed by atoms with Gasteiger partial charge >= 0.3 is 0 Å². The third kappa shape index (κ3) is 3.84. The summed E-state index contributed by atoms with van der Waals surface area (Å²) in [6.07, 6.45) is 9.30. The SMILES string of the molecule is CCN1CCC[C@H]1CNCCCn1cnc2c(SC)ncnc21. The monoisotopic (exact) mass is 334 g/mol. The van der Waals surface area contributed by atoms with Gasteiger partial charge in [0.1, 0.15) is 16.9 Å². The van der Waals surface area contributed by atoms with Crippen molar-refractivity contribution in [3.05, 3.63) is 12.7 Å². The highest BCUT2D eigenvalue weighted by molar-refractivity contribution is 7.98. The van der Waals surface area contributed by atoms with Crippen LogP contribution in [0.5, 0.6) is 0 Å². The molecule has 126 valence electrons. The topological polar surface area (TPSA) is 58.9 Å². The maximum atomic E-state index is 4.46. The number of imidazole rings is 1. The predicted octanol–water partition coefficient (Wildman–Crippen LogP) is 2.01. The molecule has 1 saturated heterocycles. The Hall–Kier alpha value is -1.18. The molecule has 1 aliphatic heterocycles. The fraction of sp³-hybridized carbons (Fsp3) is 0.688. The van der Waals surface area contributed by atoms with E-state index in [2.05, 4.69) is 36.7 Å². The molecule has 0 unspecified atom stereocenters. The molecular weight excluding hydrogens is 308 g/mol. The summed E-state index contributed by atoms with van der Waals surface area (Å²) in [6.45, 7) is 7.78. The fourth-order valence-electron chi connectivity index (χ4n) is 3.36. The molecule has 6 nitrogen and oxygen atoms in total. The van der Waals surface area contributed by atoms with Gasteiger partial charge in [-0.15, -0.1) is 11.8 Å². The van der Waals surface area contributed by atoms with E-state index in [1.54, 1.807) is 18.1 Å². The van der Waals surface area contributed by atoms with Gasteiger partial charge in [0.05, 0.1) is 6.33 Å². The Kier molecular flexibility index (Phi) is 5.85. The smallest absolute Gasteiger partial charge is 0.164 e. The number of likely N-dealkylation sites (tertiary alicyclic amines) is 1. The predicted molar refractivity (Wildman–Crippen MR) is 94.9 cm³/mol. The molecule has 0 saturated carbocycles. The lowest BCUT2D eigenvalue weighted by atomic mass is 10.2. The number of rotatable bonds is 8. The minimum Gasteiger partial charge on any atom is -0.315 e. The van der Waals surface area contributed by atoms with E-state index in [1.807, 2.05) is 12.6 Å². The quantitative estimate of drug-likeness (QED) is 0.453. The van der Waals surface area contributed by atoms with Gasteiger partial charge < -0.3 is 9.88 Å². The lowest BCUT2D eigenvalue weighted by molar-refractivity contribution is 0.260. The summed E-state index contributed by atoms with van der Waals surface area (Å²) in [7, 11) is 0. The first kappa shape index (κ1) is 16.7. The van der Waals surface area contributed by atoms with E-state index in [0.29, 0.717) is 0 Å². The normalized spacial score (nSPS) is 19.0. The molecule has 1 aliphatic rings. The first-order valence-corrected chi connectivity index (χ1v) is 9.70. The molecule has 1 atom stereocenters. The zero-order valence-electron chi connectivity index (χ0n) is 14.0. The van der Waals surface area contributed by atoms with Crippen molar-refractivity contribution in [3.63, 3.8) is 0 Å². The number of thioether (sulfide) groups is 1. The highest BCUT2D eigenvalue weighted by Gasteiger charge is 2.21. The van der Waals surface area contributed by atoms with Crippen LogP contribution in [0, 0.1) is 0 Å². The van der Waals surface area contributed by atoms with Gasteiger partial charge in [-0.25, -0.2) is 15.0 Å². The fourth-order valence-corrected chi connectivity index (χ4v) is 3.85. The first-order valence-electron chi connectivity index (χ1n) is 8.48. The van der Waals surface area contributed by atoms with Gasteiger partial charge in [0.25, 0.3) is 0 Å². The second kappa shape index (κ2) is 8.08. The van der Waals surface area contributed by atoms with Crippen LogP contribution in [-0.2, 0) is 6.54 Å². The van der Waals surface area contributed by atoms with Gasteiger partial charge in [0.15, 0.2) is 5.65 Å². The largest absolute Gasteiger partial charge is 0.315 e. The Morgan fingerprint density at radius 3 is 3.09 bits per heavy atom. The van der Waals surface area contributed by atoms with E-state index < -0.39 is 0 Å². The van der Waals surface area contributed by atoms with Crippen LogP contribution < -0.4 is 5.32 Å². The molecular formula is C16H26N6S. The van der Waals surface area contributed by atoms with E-state index in [-0.39, 0.29) is 0 Å². The van der Waals surface area contributed by atoms with Crippen molar-refractivity contribution in [1.82, 2.24) is 29.7 Å². The van der Waals surface area contributed by atoms with Gasteiger partial charge in [0, 0.05) is 19.1 Å². The summed E-state index contributed by atoms with van der Waals surface area (Å²) in [5, 5.41) is 4.56. The Bertz CT molecular complexity index is 628. The highest BCUT2D eigenvalue weighted by Crippen LogP contribution is 2.20. The van der Waals surface area contributed by atoms with E-state index in [4.69, 9.17) is 0 Å². The van der Waals surface area contributed by atoms with Crippen molar-refractivity contribution in [2.45, 2.75) is 43.8 Å². The average molecular weight is 334 g/mol. The number of hydrogen-bond acceptors (Lipinski definition) is 6. The van der Waals surface area contributed by atoms with Gasteiger partial charge in [-0.2, -0.15) is 0 Å². The number of nitrogens with one attached hydrogen (secondary N) is 1. The molecule has 2 aromatic heterocycles. The van der Waals surface area contributed by atoms with Crippen molar-refractivity contribution in [1.29, 1.82) is 0 Å². The van der Waals surface area contributed by atoms with Crippen molar-refractivity contribution < 1.29 is 0 Å². The van der Waals surface area contributed by atoms with Crippen molar-refractivity contribution in [3.8, 4) is 0 Å². The molecule has 0 spiro atoms. The summed E-state index contributed by atoms with van der Waals surface area (Å²) in [4.78, 5) is 15.7. The minimum atomic E-state index is 0.728. The Labute approximate surface area is 142 Å². The first-order chi connectivity index (χ1) is 11.3. The van der Waals surface area contributed by atoms with Gasteiger partial charge in [-0.05, 0) is 45.2 Å². The molecule has 2 aromatic rings. The van der Waals surface area contributed by atoms with Crippen LogP contribution >= 0.6 is 11.8 Å². The molecule has 0 bridgehead atoms. The van der Waals surface area contributed by atoms with Crippen molar-refractivity contribution >= 4 is 22.9 Å². The molecule has 0 aromatic carbocycles.